The summed E-state index contributed by atoms with van der Waals surface area (Å²) in [5.74, 6) is -0.290. The summed E-state index contributed by atoms with van der Waals surface area (Å²) < 4.78 is 44.4. The number of rotatable bonds is 9. The Balaban J connectivity index is 1.72. The van der Waals surface area contributed by atoms with Gasteiger partial charge in [-0.05, 0) is 56.2 Å². The van der Waals surface area contributed by atoms with Crippen molar-refractivity contribution in [1.29, 1.82) is 0 Å². The van der Waals surface area contributed by atoms with Crippen LogP contribution in [0.1, 0.15) is 53.3 Å². The number of hydrogen-bond donors (Lipinski definition) is 3. The fourth-order valence-electron chi connectivity index (χ4n) is 3.70. The Morgan fingerprint density at radius 2 is 1.44 bits per heavy atom. The van der Waals surface area contributed by atoms with Gasteiger partial charge in [-0.3, -0.25) is 20.4 Å². The number of sulfonamides is 1. The molecule has 34 heavy (non-hydrogen) atoms. The van der Waals surface area contributed by atoms with Crippen LogP contribution in [0, 0.1) is 0 Å². The molecule has 1 saturated carbocycles. The number of methoxy groups -OCH3 is 2. The molecule has 0 saturated heterocycles. The summed E-state index contributed by atoms with van der Waals surface area (Å²) in [6.45, 7) is 2.27. The number of nitrogens with one attached hydrogen (secondary N) is 3. The van der Waals surface area contributed by atoms with Crippen molar-refractivity contribution in [2.45, 2.75) is 43.5 Å². The van der Waals surface area contributed by atoms with E-state index >= 15 is 0 Å². The van der Waals surface area contributed by atoms with Crippen LogP contribution < -0.4 is 29.8 Å². The minimum Gasteiger partial charge on any atom is -0.495 e. The van der Waals surface area contributed by atoms with Crippen molar-refractivity contribution in [1.82, 2.24) is 15.6 Å². The Morgan fingerprint density at radius 1 is 0.882 bits per heavy atom. The highest BCUT2D eigenvalue weighted by molar-refractivity contribution is 7.89. The van der Waals surface area contributed by atoms with Gasteiger partial charge in [0.15, 0.2) is 11.5 Å². The average molecular weight is 492 g/mol. The molecule has 1 aliphatic rings. The molecule has 0 aromatic heterocycles. The van der Waals surface area contributed by atoms with E-state index in [1.165, 1.54) is 44.6 Å². The van der Waals surface area contributed by atoms with Crippen LogP contribution in [0.2, 0.25) is 0 Å². The molecule has 10 nitrogen and oxygen atoms in total. The van der Waals surface area contributed by atoms with Gasteiger partial charge in [0.2, 0.25) is 10.0 Å². The van der Waals surface area contributed by atoms with E-state index in [1.807, 2.05) is 6.92 Å². The Morgan fingerprint density at radius 3 is 2.00 bits per heavy atom. The molecule has 0 unspecified atom stereocenters. The van der Waals surface area contributed by atoms with Gasteiger partial charge in [-0.15, -0.1) is 0 Å². The highest BCUT2D eigenvalue weighted by Gasteiger charge is 2.26. The first kappa shape index (κ1) is 25.3. The van der Waals surface area contributed by atoms with Crippen LogP contribution in [-0.4, -0.2) is 47.1 Å². The monoisotopic (exact) mass is 491 g/mol. The van der Waals surface area contributed by atoms with Gasteiger partial charge >= 0.3 is 0 Å². The molecule has 3 N–H and O–H groups in total. The van der Waals surface area contributed by atoms with Crippen LogP contribution in [0.5, 0.6) is 17.2 Å². The summed E-state index contributed by atoms with van der Waals surface area (Å²) in [5, 5.41) is 0. The first-order valence-corrected chi connectivity index (χ1v) is 12.4. The number of carbonyl (C=O) groups is 2. The molecule has 0 aliphatic heterocycles. The number of amides is 2. The second kappa shape index (κ2) is 11.2. The van der Waals surface area contributed by atoms with Crippen molar-refractivity contribution in [3.05, 3.63) is 47.5 Å². The van der Waals surface area contributed by atoms with E-state index < -0.39 is 21.8 Å². The highest BCUT2D eigenvalue weighted by Crippen LogP contribution is 2.29. The van der Waals surface area contributed by atoms with Crippen LogP contribution in [0.4, 0.5) is 0 Å². The van der Waals surface area contributed by atoms with Crippen LogP contribution in [0.3, 0.4) is 0 Å². The largest absolute Gasteiger partial charge is 0.495 e. The van der Waals surface area contributed by atoms with Crippen LogP contribution in [-0.2, 0) is 10.0 Å². The Hall–Kier alpha value is -3.31. The van der Waals surface area contributed by atoms with Crippen molar-refractivity contribution in [3.8, 4) is 17.2 Å². The molecule has 0 spiro atoms. The van der Waals surface area contributed by atoms with Crippen molar-refractivity contribution < 1.29 is 32.2 Å². The second-order valence-corrected chi connectivity index (χ2v) is 9.36. The lowest BCUT2D eigenvalue weighted by Crippen LogP contribution is -2.41. The van der Waals surface area contributed by atoms with Crippen molar-refractivity contribution >= 4 is 21.8 Å². The number of hydrazine groups is 1. The topological polar surface area (TPSA) is 132 Å². The maximum absolute atomic E-state index is 12.9. The van der Waals surface area contributed by atoms with Crippen molar-refractivity contribution in [2.24, 2.45) is 0 Å². The van der Waals surface area contributed by atoms with Gasteiger partial charge in [-0.25, -0.2) is 13.1 Å². The second-order valence-electron chi connectivity index (χ2n) is 7.68. The molecule has 11 heteroatoms. The van der Waals surface area contributed by atoms with Crippen LogP contribution in [0.25, 0.3) is 0 Å². The fraction of sp³-hybridized carbons (Fsp3) is 0.391. The van der Waals surface area contributed by atoms with Gasteiger partial charge in [-0.1, -0.05) is 12.8 Å². The minimum absolute atomic E-state index is 0.0390. The third-order valence-electron chi connectivity index (χ3n) is 5.41. The van der Waals surface area contributed by atoms with Crippen LogP contribution >= 0.6 is 0 Å². The zero-order chi connectivity index (χ0) is 24.7. The molecule has 2 aromatic carbocycles. The smallest absolute Gasteiger partial charge is 0.269 e. The maximum Gasteiger partial charge on any atom is 0.269 e. The zero-order valence-electron chi connectivity index (χ0n) is 19.3. The molecule has 0 bridgehead atoms. The quantitative estimate of drug-likeness (QED) is 0.459. The lowest BCUT2D eigenvalue weighted by molar-refractivity contribution is 0.0846. The van der Waals surface area contributed by atoms with E-state index in [2.05, 4.69) is 15.6 Å². The van der Waals surface area contributed by atoms with E-state index in [-0.39, 0.29) is 27.8 Å². The van der Waals surface area contributed by atoms with Gasteiger partial charge < -0.3 is 14.2 Å². The summed E-state index contributed by atoms with van der Waals surface area (Å²) in [6, 6.07) is 8.50. The molecular formula is C23H29N3O7S. The highest BCUT2D eigenvalue weighted by atomic mass is 32.2. The Bertz CT molecular complexity index is 1150. The molecule has 2 aromatic rings. The lowest BCUT2D eigenvalue weighted by Gasteiger charge is -2.16. The molecule has 1 aliphatic carbocycles. The van der Waals surface area contributed by atoms with E-state index in [0.717, 1.165) is 25.7 Å². The summed E-state index contributed by atoms with van der Waals surface area (Å²) >= 11 is 0. The van der Waals surface area contributed by atoms with E-state index in [0.29, 0.717) is 18.1 Å². The van der Waals surface area contributed by atoms with E-state index in [4.69, 9.17) is 14.2 Å². The van der Waals surface area contributed by atoms with E-state index in [1.54, 1.807) is 6.07 Å². The minimum atomic E-state index is -3.90. The maximum atomic E-state index is 12.9. The summed E-state index contributed by atoms with van der Waals surface area (Å²) in [7, 11) is -1.09. The molecule has 3 rings (SSSR count). The van der Waals surface area contributed by atoms with Gasteiger partial charge in [0.1, 0.15) is 10.6 Å². The molecule has 0 heterocycles. The fourth-order valence-corrected chi connectivity index (χ4v) is 5.20. The Labute approximate surface area is 199 Å². The standard InChI is InChI=1S/C23H29N3O7S/c1-4-33-18-11-9-15(13-20(18)32-3)22(27)24-25-23(28)16-10-12-19(31-2)21(14-16)34(29,30)26-17-7-5-6-8-17/h9-14,17,26H,4-8H2,1-3H3,(H,24,27)(H,25,28). The van der Waals surface area contributed by atoms with Gasteiger partial charge in [-0.2, -0.15) is 0 Å². The third-order valence-corrected chi connectivity index (χ3v) is 6.95. The molecule has 184 valence electrons. The number of carbonyl (C=O) groups excluding carboxylic acids is 2. The van der Waals surface area contributed by atoms with Crippen molar-refractivity contribution in [3.63, 3.8) is 0 Å². The van der Waals surface area contributed by atoms with Crippen molar-refractivity contribution in [2.75, 3.05) is 20.8 Å². The predicted octanol–water partition coefficient (Wildman–Crippen LogP) is 2.40. The molecule has 1 fully saturated rings. The number of hydrogen-bond acceptors (Lipinski definition) is 7. The first-order chi connectivity index (χ1) is 16.3. The summed E-state index contributed by atoms with van der Waals surface area (Å²) in [5.41, 5.74) is 4.89. The molecular weight excluding hydrogens is 462 g/mol. The normalized spacial score (nSPS) is 13.9. The average Bonchev–Trinajstić information content (AvgIpc) is 3.34. The summed E-state index contributed by atoms with van der Waals surface area (Å²) in [4.78, 5) is 25.0. The van der Waals surface area contributed by atoms with Crippen LogP contribution in [0.15, 0.2) is 41.3 Å². The first-order valence-electron chi connectivity index (χ1n) is 10.9. The van der Waals surface area contributed by atoms with E-state index in [9.17, 15) is 18.0 Å². The lowest BCUT2D eigenvalue weighted by atomic mass is 10.2. The van der Waals surface area contributed by atoms with Gasteiger partial charge in [0, 0.05) is 17.2 Å². The van der Waals surface area contributed by atoms with Gasteiger partial charge in [0.25, 0.3) is 11.8 Å². The SMILES string of the molecule is CCOc1ccc(C(=O)NNC(=O)c2ccc(OC)c(S(=O)(=O)NC3CCCC3)c2)cc1OC. The molecule has 0 atom stereocenters. The number of ether oxygens (including phenoxy) is 3. The number of benzene rings is 2. The Kier molecular flexibility index (Phi) is 8.35. The summed E-state index contributed by atoms with van der Waals surface area (Å²) in [6.07, 6.45) is 3.47. The predicted molar refractivity (Wildman–Crippen MR) is 125 cm³/mol. The van der Waals surface area contributed by atoms with Gasteiger partial charge in [0.05, 0.1) is 20.8 Å². The molecule has 0 radical (unpaired) electrons. The molecule has 2 amide bonds. The zero-order valence-corrected chi connectivity index (χ0v) is 20.2. The third kappa shape index (κ3) is 5.97.